The smallest absolute Gasteiger partial charge is 0.147 e. The molecule has 0 spiro atoms. The molecule has 2 aromatic rings. The number of hydrogen-bond donors (Lipinski definition) is 1. The molecule has 2 nitrogen and oxygen atoms in total. The predicted octanol–water partition coefficient (Wildman–Crippen LogP) is 4.00. The summed E-state index contributed by atoms with van der Waals surface area (Å²) >= 11 is 0. The molecule has 18 heavy (non-hydrogen) atoms. The van der Waals surface area contributed by atoms with E-state index in [1.54, 1.807) is 12.1 Å². The van der Waals surface area contributed by atoms with E-state index in [4.69, 9.17) is 5.26 Å². The highest BCUT2D eigenvalue weighted by atomic mass is 19.1. The van der Waals surface area contributed by atoms with Gasteiger partial charge in [0.2, 0.25) is 0 Å². The molecule has 0 amide bonds. The van der Waals surface area contributed by atoms with Crippen LogP contribution >= 0.6 is 0 Å². The summed E-state index contributed by atoms with van der Waals surface area (Å²) < 4.78 is 13.7. The van der Waals surface area contributed by atoms with Crippen molar-refractivity contribution in [2.24, 2.45) is 0 Å². The Morgan fingerprint density at radius 1 is 1.22 bits per heavy atom. The van der Waals surface area contributed by atoms with E-state index in [0.717, 1.165) is 12.1 Å². The summed E-state index contributed by atoms with van der Waals surface area (Å²) in [6.45, 7) is 2.07. The van der Waals surface area contributed by atoms with Crippen LogP contribution in [0.5, 0.6) is 0 Å². The van der Waals surface area contributed by atoms with Crippen LogP contribution in [-0.2, 0) is 6.42 Å². The largest absolute Gasteiger partial charge is 0.353 e. The Morgan fingerprint density at radius 2 is 2.06 bits per heavy atom. The van der Waals surface area contributed by atoms with Gasteiger partial charge in [-0.15, -0.1) is 0 Å². The summed E-state index contributed by atoms with van der Waals surface area (Å²) in [6, 6.07) is 14.1. The minimum atomic E-state index is -0.420. The van der Waals surface area contributed by atoms with E-state index in [-0.39, 0.29) is 0 Å². The van der Waals surface area contributed by atoms with Gasteiger partial charge in [0.1, 0.15) is 5.82 Å². The fourth-order valence-corrected chi connectivity index (χ4v) is 1.71. The van der Waals surface area contributed by atoms with Crippen LogP contribution in [0.4, 0.5) is 15.8 Å². The van der Waals surface area contributed by atoms with Crippen molar-refractivity contribution in [3.63, 3.8) is 0 Å². The Labute approximate surface area is 106 Å². The maximum absolute atomic E-state index is 13.7. The number of nitrogens with one attached hydrogen (secondary N) is 1. The van der Waals surface area contributed by atoms with E-state index in [9.17, 15) is 4.39 Å². The highest BCUT2D eigenvalue weighted by molar-refractivity contribution is 5.61. The first-order chi connectivity index (χ1) is 8.72. The molecule has 0 aromatic heterocycles. The van der Waals surface area contributed by atoms with Gasteiger partial charge in [-0.2, -0.15) is 5.26 Å². The van der Waals surface area contributed by atoms with E-state index in [1.807, 2.05) is 30.3 Å². The van der Waals surface area contributed by atoms with Crippen LogP contribution in [0.1, 0.15) is 18.1 Å². The lowest BCUT2D eigenvalue weighted by atomic mass is 10.1. The molecule has 3 heteroatoms. The van der Waals surface area contributed by atoms with Crippen molar-refractivity contribution in [2.45, 2.75) is 13.3 Å². The van der Waals surface area contributed by atoms with Crippen LogP contribution in [-0.4, -0.2) is 0 Å². The maximum atomic E-state index is 13.7. The fraction of sp³-hybridized carbons (Fsp3) is 0.133. The lowest BCUT2D eigenvalue weighted by molar-refractivity contribution is 0.631. The molecule has 2 aromatic carbocycles. The number of benzene rings is 2. The quantitative estimate of drug-likeness (QED) is 0.880. The van der Waals surface area contributed by atoms with E-state index in [1.165, 1.54) is 11.6 Å². The van der Waals surface area contributed by atoms with Crippen LogP contribution in [0.15, 0.2) is 42.5 Å². The number of hydrogen-bond acceptors (Lipinski definition) is 2. The molecule has 2 rings (SSSR count). The second-order valence-corrected chi connectivity index (χ2v) is 3.99. The number of anilines is 2. The highest BCUT2D eigenvalue weighted by Gasteiger charge is 2.04. The fourth-order valence-electron chi connectivity index (χ4n) is 1.71. The van der Waals surface area contributed by atoms with E-state index in [2.05, 4.69) is 12.2 Å². The van der Waals surface area contributed by atoms with Crippen LogP contribution in [0.2, 0.25) is 0 Å². The van der Waals surface area contributed by atoms with Gasteiger partial charge in [0, 0.05) is 5.69 Å². The Hall–Kier alpha value is -2.34. The van der Waals surface area contributed by atoms with Crippen LogP contribution in [0.25, 0.3) is 0 Å². The topological polar surface area (TPSA) is 35.8 Å². The minimum absolute atomic E-state index is 0.320. The Bertz CT molecular complexity index is 600. The van der Waals surface area contributed by atoms with Gasteiger partial charge in [-0.25, -0.2) is 4.39 Å². The minimum Gasteiger partial charge on any atom is -0.353 e. The molecular formula is C15H13FN2. The van der Waals surface area contributed by atoms with Crippen molar-refractivity contribution in [1.82, 2.24) is 0 Å². The van der Waals surface area contributed by atoms with Gasteiger partial charge in [0.05, 0.1) is 17.3 Å². The molecule has 1 N–H and O–H groups in total. The van der Waals surface area contributed by atoms with Crippen molar-refractivity contribution in [3.05, 3.63) is 59.4 Å². The Kier molecular flexibility index (Phi) is 3.59. The summed E-state index contributed by atoms with van der Waals surface area (Å²) in [5.41, 5.74) is 2.73. The third kappa shape index (κ3) is 2.67. The zero-order valence-corrected chi connectivity index (χ0v) is 10.1. The average molecular weight is 240 g/mol. The number of aryl methyl sites for hydroxylation is 1. The van der Waals surface area contributed by atoms with E-state index in [0.29, 0.717) is 11.3 Å². The van der Waals surface area contributed by atoms with E-state index >= 15 is 0 Å². The molecule has 90 valence electrons. The summed E-state index contributed by atoms with van der Waals surface area (Å²) in [5, 5.41) is 11.7. The zero-order valence-electron chi connectivity index (χ0n) is 10.1. The molecule has 0 radical (unpaired) electrons. The molecule has 0 bridgehead atoms. The third-order valence-electron chi connectivity index (χ3n) is 2.71. The first-order valence-electron chi connectivity index (χ1n) is 5.78. The molecule has 0 atom stereocenters. The average Bonchev–Trinajstić information content (AvgIpc) is 2.41. The maximum Gasteiger partial charge on any atom is 0.147 e. The molecule has 0 aliphatic carbocycles. The number of rotatable bonds is 3. The number of halogens is 1. The van der Waals surface area contributed by atoms with Crippen LogP contribution < -0.4 is 5.32 Å². The normalized spacial score (nSPS) is 9.83. The van der Waals surface area contributed by atoms with Gasteiger partial charge in [0.25, 0.3) is 0 Å². The molecule has 0 aliphatic heterocycles. The van der Waals surface area contributed by atoms with Crippen LogP contribution in [0.3, 0.4) is 0 Å². The van der Waals surface area contributed by atoms with Crippen molar-refractivity contribution in [1.29, 1.82) is 5.26 Å². The SMILES string of the molecule is CCc1cccc(Nc2ccc(C#N)cc2F)c1. The lowest BCUT2D eigenvalue weighted by Crippen LogP contribution is -1.95. The first kappa shape index (κ1) is 12.1. The van der Waals surface area contributed by atoms with Gasteiger partial charge < -0.3 is 5.32 Å². The second-order valence-electron chi connectivity index (χ2n) is 3.99. The predicted molar refractivity (Wildman–Crippen MR) is 70.2 cm³/mol. The van der Waals surface area contributed by atoms with Crippen molar-refractivity contribution in [3.8, 4) is 6.07 Å². The molecule has 0 unspecified atom stereocenters. The summed E-state index contributed by atoms with van der Waals surface area (Å²) in [5.74, 6) is -0.420. The molecular weight excluding hydrogens is 227 g/mol. The summed E-state index contributed by atoms with van der Waals surface area (Å²) in [4.78, 5) is 0. The molecule has 0 heterocycles. The molecule has 0 saturated carbocycles. The highest BCUT2D eigenvalue weighted by Crippen LogP contribution is 2.21. The van der Waals surface area contributed by atoms with Gasteiger partial charge in [-0.3, -0.25) is 0 Å². The standard InChI is InChI=1S/C15H13FN2/c1-2-11-4-3-5-13(8-11)18-15-7-6-12(10-17)9-14(15)16/h3-9,18H,2H2,1H3. The Balaban J connectivity index is 2.26. The van der Waals surface area contributed by atoms with E-state index < -0.39 is 5.82 Å². The molecule has 0 aliphatic rings. The Morgan fingerprint density at radius 3 is 2.72 bits per heavy atom. The van der Waals surface area contributed by atoms with Gasteiger partial charge in [-0.1, -0.05) is 19.1 Å². The summed E-state index contributed by atoms with van der Waals surface area (Å²) in [6.07, 6.45) is 0.936. The lowest BCUT2D eigenvalue weighted by Gasteiger charge is -2.08. The van der Waals surface area contributed by atoms with Gasteiger partial charge in [0.15, 0.2) is 0 Å². The zero-order chi connectivity index (χ0) is 13.0. The second kappa shape index (κ2) is 5.33. The third-order valence-corrected chi connectivity index (χ3v) is 2.71. The van der Waals surface area contributed by atoms with Gasteiger partial charge in [-0.05, 0) is 42.3 Å². The molecule has 0 saturated heterocycles. The number of nitrogens with zero attached hydrogens (tertiary/aromatic N) is 1. The molecule has 0 fully saturated rings. The van der Waals surface area contributed by atoms with Crippen molar-refractivity contribution in [2.75, 3.05) is 5.32 Å². The van der Waals surface area contributed by atoms with Crippen molar-refractivity contribution < 1.29 is 4.39 Å². The van der Waals surface area contributed by atoms with Crippen molar-refractivity contribution >= 4 is 11.4 Å². The first-order valence-corrected chi connectivity index (χ1v) is 5.78. The summed E-state index contributed by atoms with van der Waals surface area (Å²) in [7, 11) is 0. The number of nitriles is 1. The monoisotopic (exact) mass is 240 g/mol. The van der Waals surface area contributed by atoms with Gasteiger partial charge >= 0.3 is 0 Å². The van der Waals surface area contributed by atoms with Crippen LogP contribution in [0, 0.1) is 17.1 Å².